The second-order valence-corrected chi connectivity index (χ2v) is 3.36. The molecule has 1 aromatic carbocycles. The summed E-state index contributed by atoms with van der Waals surface area (Å²) >= 11 is 0. The van der Waals surface area contributed by atoms with E-state index in [-0.39, 0.29) is 11.9 Å². The number of amides is 1. The lowest BCUT2D eigenvalue weighted by Gasteiger charge is -2.09. The van der Waals surface area contributed by atoms with Gasteiger partial charge in [0.1, 0.15) is 0 Å². The first-order valence-electron chi connectivity index (χ1n) is 4.56. The zero-order valence-electron chi connectivity index (χ0n) is 7.66. The summed E-state index contributed by atoms with van der Waals surface area (Å²) < 4.78 is 0. The van der Waals surface area contributed by atoms with Crippen molar-refractivity contribution in [2.45, 2.75) is 18.9 Å². The summed E-state index contributed by atoms with van der Waals surface area (Å²) in [6, 6.07) is 7.52. The van der Waals surface area contributed by atoms with Crippen molar-refractivity contribution in [2.75, 3.05) is 0 Å². The highest BCUT2D eigenvalue weighted by atomic mass is 16.1. The van der Waals surface area contributed by atoms with Crippen molar-refractivity contribution in [3.8, 4) is 0 Å². The Bertz CT molecular complexity index is 389. The van der Waals surface area contributed by atoms with Crippen LogP contribution < -0.4 is 5.32 Å². The van der Waals surface area contributed by atoms with E-state index in [0.717, 1.165) is 12.0 Å². The first kappa shape index (κ1) is 8.76. The van der Waals surface area contributed by atoms with Crippen LogP contribution >= 0.6 is 0 Å². The molecule has 0 radical (unpaired) electrons. The van der Waals surface area contributed by atoms with Gasteiger partial charge in [-0.25, -0.2) is 4.85 Å². The molecular weight excluding hydrogens is 176 g/mol. The average molecular weight is 186 g/mol. The third kappa shape index (κ3) is 1.60. The van der Waals surface area contributed by atoms with Crippen molar-refractivity contribution >= 4 is 11.6 Å². The van der Waals surface area contributed by atoms with Crippen molar-refractivity contribution in [2.24, 2.45) is 0 Å². The molecule has 1 saturated heterocycles. The minimum atomic E-state index is 0.115. The molecule has 14 heavy (non-hydrogen) atoms. The van der Waals surface area contributed by atoms with Crippen molar-refractivity contribution in [1.82, 2.24) is 5.32 Å². The Labute approximate surface area is 82.6 Å². The van der Waals surface area contributed by atoms with E-state index in [1.54, 1.807) is 12.1 Å². The Morgan fingerprint density at radius 2 is 2.07 bits per heavy atom. The maximum absolute atomic E-state index is 11.0. The maximum Gasteiger partial charge on any atom is 0.220 e. The Morgan fingerprint density at radius 1 is 1.36 bits per heavy atom. The van der Waals surface area contributed by atoms with E-state index in [4.69, 9.17) is 6.57 Å². The molecule has 3 heteroatoms. The second kappa shape index (κ2) is 3.51. The smallest absolute Gasteiger partial charge is 0.220 e. The third-order valence-electron chi connectivity index (χ3n) is 2.42. The molecule has 70 valence electrons. The van der Waals surface area contributed by atoms with Gasteiger partial charge in [0, 0.05) is 6.42 Å². The molecule has 0 saturated carbocycles. The SMILES string of the molecule is [C-]#[N+]c1ccc(C2CCC(=O)N2)cc1. The molecular formula is C11H10N2O. The van der Waals surface area contributed by atoms with Gasteiger partial charge in [0.15, 0.2) is 5.69 Å². The molecule has 1 aliphatic heterocycles. The number of carbonyl (C=O) groups is 1. The van der Waals surface area contributed by atoms with Gasteiger partial charge in [0.05, 0.1) is 12.6 Å². The minimum Gasteiger partial charge on any atom is -0.349 e. The Balaban J connectivity index is 2.18. The molecule has 1 aromatic rings. The highest BCUT2D eigenvalue weighted by Gasteiger charge is 2.21. The van der Waals surface area contributed by atoms with E-state index in [1.807, 2.05) is 12.1 Å². The molecule has 1 fully saturated rings. The molecule has 0 bridgehead atoms. The van der Waals surface area contributed by atoms with Crippen LogP contribution in [0, 0.1) is 6.57 Å². The molecule has 2 rings (SSSR count). The van der Waals surface area contributed by atoms with Crippen LogP contribution in [0.15, 0.2) is 24.3 Å². The fraction of sp³-hybridized carbons (Fsp3) is 0.273. The molecule has 1 heterocycles. The zero-order chi connectivity index (χ0) is 9.97. The van der Waals surface area contributed by atoms with Gasteiger partial charge in [-0.05, 0) is 12.0 Å². The van der Waals surface area contributed by atoms with E-state index < -0.39 is 0 Å². The topological polar surface area (TPSA) is 33.5 Å². The fourth-order valence-electron chi connectivity index (χ4n) is 1.65. The van der Waals surface area contributed by atoms with E-state index in [0.29, 0.717) is 12.1 Å². The van der Waals surface area contributed by atoms with Gasteiger partial charge in [-0.2, -0.15) is 0 Å². The van der Waals surface area contributed by atoms with Gasteiger partial charge in [0.25, 0.3) is 0 Å². The largest absolute Gasteiger partial charge is 0.349 e. The average Bonchev–Trinajstić information content (AvgIpc) is 2.65. The summed E-state index contributed by atoms with van der Waals surface area (Å²) in [5.74, 6) is 0.115. The summed E-state index contributed by atoms with van der Waals surface area (Å²) in [4.78, 5) is 14.3. The molecule has 1 atom stereocenters. The summed E-state index contributed by atoms with van der Waals surface area (Å²) in [7, 11) is 0. The van der Waals surface area contributed by atoms with Gasteiger partial charge in [-0.1, -0.05) is 24.3 Å². The Morgan fingerprint density at radius 3 is 2.57 bits per heavy atom. The molecule has 1 aliphatic rings. The van der Waals surface area contributed by atoms with Crippen molar-refractivity contribution < 1.29 is 4.79 Å². The monoisotopic (exact) mass is 186 g/mol. The third-order valence-corrected chi connectivity index (χ3v) is 2.42. The van der Waals surface area contributed by atoms with Crippen LogP contribution in [0.3, 0.4) is 0 Å². The molecule has 1 amide bonds. The number of hydrogen-bond donors (Lipinski definition) is 1. The van der Waals surface area contributed by atoms with E-state index >= 15 is 0 Å². The quantitative estimate of drug-likeness (QED) is 0.670. The molecule has 0 aliphatic carbocycles. The lowest BCUT2D eigenvalue weighted by molar-refractivity contribution is -0.119. The van der Waals surface area contributed by atoms with Gasteiger partial charge in [-0.15, -0.1) is 0 Å². The minimum absolute atomic E-state index is 0.115. The molecule has 0 spiro atoms. The highest BCUT2D eigenvalue weighted by Crippen LogP contribution is 2.25. The lowest BCUT2D eigenvalue weighted by Crippen LogP contribution is -2.17. The second-order valence-electron chi connectivity index (χ2n) is 3.36. The van der Waals surface area contributed by atoms with Crippen LogP contribution in [0.5, 0.6) is 0 Å². The number of benzene rings is 1. The predicted octanol–water partition coefficient (Wildman–Crippen LogP) is 2.19. The molecule has 3 nitrogen and oxygen atoms in total. The predicted molar refractivity (Wildman–Crippen MR) is 52.8 cm³/mol. The molecule has 0 aromatic heterocycles. The van der Waals surface area contributed by atoms with Crippen molar-refractivity contribution in [3.63, 3.8) is 0 Å². The van der Waals surface area contributed by atoms with Crippen LogP contribution in [-0.2, 0) is 4.79 Å². The number of rotatable bonds is 1. The summed E-state index contributed by atoms with van der Waals surface area (Å²) in [6.45, 7) is 6.81. The van der Waals surface area contributed by atoms with Crippen LogP contribution in [0.1, 0.15) is 24.4 Å². The standard InChI is InChI=1S/C11H10N2O/c1-12-9-4-2-8(3-5-9)10-6-7-11(14)13-10/h2-5,10H,6-7H2,(H,13,14). The zero-order valence-corrected chi connectivity index (χ0v) is 7.66. The van der Waals surface area contributed by atoms with Crippen LogP contribution in [0.2, 0.25) is 0 Å². The maximum atomic E-state index is 11.0. The first-order chi connectivity index (χ1) is 6.79. The molecule has 1 N–H and O–H groups in total. The summed E-state index contributed by atoms with van der Waals surface area (Å²) in [5.41, 5.74) is 1.72. The fourth-order valence-corrected chi connectivity index (χ4v) is 1.65. The highest BCUT2D eigenvalue weighted by molar-refractivity contribution is 5.78. The van der Waals surface area contributed by atoms with E-state index in [1.165, 1.54) is 0 Å². The van der Waals surface area contributed by atoms with Crippen LogP contribution in [0.25, 0.3) is 4.85 Å². The van der Waals surface area contributed by atoms with Gasteiger partial charge in [0.2, 0.25) is 5.91 Å². The Kier molecular flexibility index (Phi) is 2.19. The Hall–Kier alpha value is -1.82. The van der Waals surface area contributed by atoms with Gasteiger partial charge < -0.3 is 5.32 Å². The van der Waals surface area contributed by atoms with E-state index in [9.17, 15) is 4.79 Å². The number of nitrogens with zero attached hydrogens (tertiary/aromatic N) is 1. The summed E-state index contributed by atoms with van der Waals surface area (Å²) in [5, 5.41) is 2.89. The summed E-state index contributed by atoms with van der Waals surface area (Å²) in [6.07, 6.45) is 1.46. The van der Waals surface area contributed by atoms with Crippen LogP contribution in [-0.4, -0.2) is 5.91 Å². The van der Waals surface area contributed by atoms with Gasteiger partial charge in [-0.3, -0.25) is 4.79 Å². The molecule has 1 unspecified atom stereocenters. The van der Waals surface area contributed by atoms with Crippen molar-refractivity contribution in [1.29, 1.82) is 0 Å². The van der Waals surface area contributed by atoms with Crippen molar-refractivity contribution in [3.05, 3.63) is 41.2 Å². The first-order valence-corrected chi connectivity index (χ1v) is 4.56. The number of nitrogens with one attached hydrogen (secondary N) is 1. The lowest BCUT2D eigenvalue weighted by atomic mass is 10.1. The van der Waals surface area contributed by atoms with Gasteiger partial charge >= 0.3 is 0 Å². The number of carbonyl (C=O) groups excluding carboxylic acids is 1. The van der Waals surface area contributed by atoms with Crippen LogP contribution in [0.4, 0.5) is 5.69 Å². The van der Waals surface area contributed by atoms with E-state index in [2.05, 4.69) is 10.2 Å². The number of hydrogen-bond acceptors (Lipinski definition) is 1. The normalized spacial score (nSPS) is 20.2.